The number of pyridine rings is 1. The predicted molar refractivity (Wildman–Crippen MR) is 76.6 cm³/mol. The van der Waals surface area contributed by atoms with E-state index in [1.807, 2.05) is 18.6 Å². The molecule has 19 heavy (non-hydrogen) atoms. The summed E-state index contributed by atoms with van der Waals surface area (Å²) in [6, 6.07) is 4.49. The van der Waals surface area contributed by atoms with Crippen molar-refractivity contribution in [2.75, 3.05) is 7.05 Å². The molecule has 4 nitrogen and oxygen atoms in total. The maximum atomic E-state index is 4.46. The second-order valence-corrected chi connectivity index (χ2v) is 4.91. The first-order valence-corrected chi connectivity index (χ1v) is 6.82. The highest BCUT2D eigenvalue weighted by Gasteiger charge is 2.14. The van der Waals surface area contributed by atoms with Crippen LogP contribution in [-0.2, 0) is 13.1 Å². The molecular weight excluding hydrogens is 236 g/mol. The highest BCUT2D eigenvalue weighted by atomic mass is 15.2. The number of hydrogen-bond donors (Lipinski definition) is 0. The summed E-state index contributed by atoms with van der Waals surface area (Å²) in [5.41, 5.74) is 1.28. The Balaban J connectivity index is 2.04. The summed E-state index contributed by atoms with van der Waals surface area (Å²) in [6.45, 7) is 6.29. The third-order valence-corrected chi connectivity index (χ3v) is 3.51. The standard InChI is InChI=1S/C15H22N4/c1-4-10-19-11-9-17-15(19)12-18(3)13(2)14-5-7-16-8-6-14/h5-9,11,13H,4,10,12H2,1-3H3. The minimum absolute atomic E-state index is 0.356. The van der Waals surface area contributed by atoms with Gasteiger partial charge in [-0.05, 0) is 38.1 Å². The molecule has 0 aliphatic carbocycles. The topological polar surface area (TPSA) is 34.0 Å². The van der Waals surface area contributed by atoms with Crippen molar-refractivity contribution in [1.82, 2.24) is 19.4 Å². The van der Waals surface area contributed by atoms with E-state index in [1.54, 1.807) is 0 Å². The van der Waals surface area contributed by atoms with E-state index >= 15 is 0 Å². The highest BCUT2D eigenvalue weighted by molar-refractivity contribution is 5.14. The van der Waals surface area contributed by atoms with Crippen molar-refractivity contribution in [2.45, 2.75) is 39.4 Å². The Kier molecular flexibility index (Phi) is 4.68. The molecule has 2 rings (SSSR count). The second-order valence-electron chi connectivity index (χ2n) is 4.91. The van der Waals surface area contributed by atoms with E-state index in [-0.39, 0.29) is 0 Å². The first-order chi connectivity index (χ1) is 9.22. The molecule has 0 saturated heterocycles. The molecule has 1 atom stereocenters. The molecule has 2 heterocycles. The first kappa shape index (κ1) is 13.7. The smallest absolute Gasteiger partial charge is 0.122 e. The molecule has 0 fully saturated rings. The number of aryl methyl sites for hydroxylation is 1. The van der Waals surface area contributed by atoms with Gasteiger partial charge in [0.1, 0.15) is 5.82 Å². The summed E-state index contributed by atoms with van der Waals surface area (Å²) in [7, 11) is 2.13. The Morgan fingerprint density at radius 2 is 2.00 bits per heavy atom. The molecule has 0 spiro atoms. The average Bonchev–Trinajstić information content (AvgIpc) is 2.86. The van der Waals surface area contributed by atoms with Gasteiger partial charge in [-0.25, -0.2) is 4.98 Å². The third-order valence-electron chi connectivity index (χ3n) is 3.51. The minimum atomic E-state index is 0.356. The van der Waals surface area contributed by atoms with Gasteiger partial charge in [0.05, 0.1) is 6.54 Å². The van der Waals surface area contributed by atoms with E-state index in [0.29, 0.717) is 6.04 Å². The normalized spacial score (nSPS) is 12.8. The highest BCUT2D eigenvalue weighted by Crippen LogP contribution is 2.19. The summed E-state index contributed by atoms with van der Waals surface area (Å²) < 4.78 is 2.23. The lowest BCUT2D eigenvalue weighted by atomic mass is 10.1. The fraction of sp³-hybridized carbons (Fsp3) is 0.467. The summed E-state index contributed by atoms with van der Waals surface area (Å²) in [6.07, 6.45) is 8.77. The van der Waals surface area contributed by atoms with Crippen LogP contribution in [0.1, 0.15) is 37.7 Å². The molecule has 0 radical (unpaired) electrons. The van der Waals surface area contributed by atoms with E-state index < -0.39 is 0 Å². The van der Waals surface area contributed by atoms with Gasteiger partial charge >= 0.3 is 0 Å². The quantitative estimate of drug-likeness (QED) is 0.799. The lowest BCUT2D eigenvalue weighted by Crippen LogP contribution is -2.24. The van der Waals surface area contributed by atoms with Crippen molar-refractivity contribution >= 4 is 0 Å². The molecule has 0 aromatic carbocycles. The van der Waals surface area contributed by atoms with E-state index in [2.05, 4.69) is 58.7 Å². The maximum absolute atomic E-state index is 4.46. The van der Waals surface area contributed by atoms with Crippen molar-refractivity contribution in [1.29, 1.82) is 0 Å². The van der Waals surface area contributed by atoms with Crippen molar-refractivity contribution in [2.24, 2.45) is 0 Å². The van der Waals surface area contributed by atoms with Gasteiger partial charge in [0.2, 0.25) is 0 Å². The molecule has 0 aliphatic rings. The van der Waals surface area contributed by atoms with Gasteiger partial charge < -0.3 is 4.57 Å². The van der Waals surface area contributed by atoms with Crippen LogP contribution >= 0.6 is 0 Å². The SMILES string of the molecule is CCCn1ccnc1CN(C)C(C)c1ccncc1. The fourth-order valence-corrected chi connectivity index (χ4v) is 2.19. The zero-order valence-electron chi connectivity index (χ0n) is 12.0. The van der Waals surface area contributed by atoms with Crippen molar-refractivity contribution in [3.8, 4) is 0 Å². The Morgan fingerprint density at radius 1 is 1.26 bits per heavy atom. The maximum Gasteiger partial charge on any atom is 0.122 e. The Morgan fingerprint density at radius 3 is 2.68 bits per heavy atom. The third kappa shape index (κ3) is 3.41. The molecule has 102 valence electrons. The Labute approximate surface area is 115 Å². The van der Waals surface area contributed by atoms with Gasteiger partial charge in [-0.2, -0.15) is 0 Å². The molecule has 4 heteroatoms. The van der Waals surface area contributed by atoms with Crippen LogP contribution < -0.4 is 0 Å². The predicted octanol–water partition coefficient (Wildman–Crippen LogP) is 2.88. The zero-order valence-corrected chi connectivity index (χ0v) is 12.0. The van der Waals surface area contributed by atoms with Gasteiger partial charge in [0, 0.05) is 37.4 Å². The van der Waals surface area contributed by atoms with Crippen molar-refractivity contribution in [3.63, 3.8) is 0 Å². The molecule has 2 aromatic heterocycles. The van der Waals surface area contributed by atoms with Crippen LogP contribution in [0.15, 0.2) is 36.9 Å². The number of aromatic nitrogens is 3. The lowest BCUT2D eigenvalue weighted by molar-refractivity contribution is 0.243. The summed E-state index contributed by atoms with van der Waals surface area (Å²) >= 11 is 0. The van der Waals surface area contributed by atoms with Crippen LogP contribution in [-0.4, -0.2) is 26.5 Å². The van der Waals surface area contributed by atoms with Crippen LogP contribution in [0.3, 0.4) is 0 Å². The molecule has 0 saturated carbocycles. The van der Waals surface area contributed by atoms with E-state index in [1.165, 1.54) is 5.56 Å². The summed E-state index contributed by atoms with van der Waals surface area (Å²) in [5, 5.41) is 0. The lowest BCUT2D eigenvalue weighted by Gasteiger charge is -2.24. The number of nitrogens with zero attached hydrogens (tertiary/aromatic N) is 4. The van der Waals surface area contributed by atoms with Gasteiger partial charge in [-0.1, -0.05) is 6.92 Å². The number of imidazole rings is 1. The van der Waals surface area contributed by atoms with E-state index in [4.69, 9.17) is 0 Å². The van der Waals surface area contributed by atoms with Gasteiger partial charge in [0.15, 0.2) is 0 Å². The van der Waals surface area contributed by atoms with Crippen molar-refractivity contribution < 1.29 is 0 Å². The molecule has 0 aliphatic heterocycles. The number of hydrogen-bond acceptors (Lipinski definition) is 3. The average molecular weight is 258 g/mol. The van der Waals surface area contributed by atoms with E-state index in [9.17, 15) is 0 Å². The molecule has 0 amide bonds. The zero-order chi connectivity index (χ0) is 13.7. The van der Waals surface area contributed by atoms with E-state index in [0.717, 1.165) is 25.3 Å². The largest absolute Gasteiger partial charge is 0.334 e. The second kappa shape index (κ2) is 6.48. The first-order valence-electron chi connectivity index (χ1n) is 6.82. The van der Waals surface area contributed by atoms with Crippen LogP contribution in [0.5, 0.6) is 0 Å². The summed E-state index contributed by atoms with van der Waals surface area (Å²) in [4.78, 5) is 10.8. The van der Waals surface area contributed by atoms with Crippen LogP contribution in [0.2, 0.25) is 0 Å². The molecule has 0 N–H and O–H groups in total. The number of rotatable bonds is 6. The fourth-order valence-electron chi connectivity index (χ4n) is 2.19. The molecule has 1 unspecified atom stereocenters. The Bertz CT molecular complexity index is 492. The molecule has 0 bridgehead atoms. The molecule has 2 aromatic rings. The van der Waals surface area contributed by atoms with Gasteiger partial charge in [-0.15, -0.1) is 0 Å². The van der Waals surface area contributed by atoms with Crippen LogP contribution in [0.25, 0.3) is 0 Å². The monoisotopic (exact) mass is 258 g/mol. The summed E-state index contributed by atoms with van der Waals surface area (Å²) in [5.74, 6) is 1.13. The Hall–Kier alpha value is -1.68. The molecular formula is C15H22N4. The van der Waals surface area contributed by atoms with Crippen LogP contribution in [0.4, 0.5) is 0 Å². The van der Waals surface area contributed by atoms with Crippen LogP contribution in [0, 0.1) is 0 Å². The van der Waals surface area contributed by atoms with Crippen molar-refractivity contribution in [3.05, 3.63) is 48.3 Å². The van der Waals surface area contributed by atoms with Gasteiger partial charge in [0.25, 0.3) is 0 Å². The van der Waals surface area contributed by atoms with Gasteiger partial charge in [-0.3, -0.25) is 9.88 Å². The minimum Gasteiger partial charge on any atom is -0.334 e.